The van der Waals surface area contributed by atoms with Crippen LogP contribution in [-0.4, -0.2) is 45.2 Å². The van der Waals surface area contributed by atoms with Crippen LogP contribution in [0.5, 0.6) is 0 Å². The minimum atomic E-state index is -0.642. The zero-order chi connectivity index (χ0) is 25.2. The van der Waals surface area contributed by atoms with Crippen LogP contribution in [0.4, 0.5) is 11.5 Å². The maximum absolute atomic E-state index is 13.3. The fourth-order valence-electron chi connectivity index (χ4n) is 4.96. The lowest BCUT2D eigenvalue weighted by molar-refractivity contribution is -0.130. The summed E-state index contributed by atoms with van der Waals surface area (Å²) in [5, 5.41) is 15.7. The Bertz CT molecular complexity index is 1370. The molecule has 4 heterocycles. The van der Waals surface area contributed by atoms with E-state index in [1.165, 1.54) is 24.5 Å². The number of hydrogen-bond donors (Lipinski definition) is 2. The highest BCUT2D eigenvalue weighted by Gasteiger charge is 2.34. The van der Waals surface area contributed by atoms with E-state index in [4.69, 9.17) is 16.0 Å². The second-order valence-corrected chi connectivity index (χ2v) is 9.39. The molecule has 0 unspecified atom stereocenters. The smallest absolute Gasteiger partial charge is 0.294 e. The highest BCUT2D eigenvalue weighted by Crippen LogP contribution is 2.35. The molecule has 3 aromatic heterocycles. The van der Waals surface area contributed by atoms with Crippen molar-refractivity contribution in [2.75, 3.05) is 17.2 Å². The van der Waals surface area contributed by atoms with Gasteiger partial charge in [0.1, 0.15) is 23.2 Å². The van der Waals surface area contributed by atoms with Crippen molar-refractivity contribution < 1.29 is 18.8 Å². The summed E-state index contributed by atoms with van der Waals surface area (Å²) in [6.45, 7) is 0.784. The van der Waals surface area contributed by atoms with Crippen LogP contribution in [0, 0.1) is 17.2 Å². The first-order chi connectivity index (χ1) is 17.4. The summed E-state index contributed by atoms with van der Waals surface area (Å²) in [7, 11) is 0. The highest BCUT2D eigenvalue weighted by atomic mass is 35.5. The van der Waals surface area contributed by atoms with Crippen LogP contribution in [0.1, 0.15) is 54.8 Å². The molecule has 2 N–H and O–H groups in total. The molecule has 0 spiro atoms. The Kier molecular flexibility index (Phi) is 6.57. The van der Waals surface area contributed by atoms with Gasteiger partial charge in [-0.2, -0.15) is 5.26 Å². The number of nitriles is 1. The molecule has 184 valence electrons. The molecule has 36 heavy (non-hydrogen) atoms. The van der Waals surface area contributed by atoms with E-state index in [0.717, 1.165) is 25.8 Å². The lowest BCUT2D eigenvalue weighted by atomic mass is 9.84. The number of likely N-dealkylation sites (tertiary alicyclic amines) is 1. The van der Waals surface area contributed by atoms with Gasteiger partial charge in [-0.1, -0.05) is 11.6 Å². The predicted octanol–water partition coefficient (Wildman–Crippen LogP) is 4.12. The number of halogens is 1. The van der Waals surface area contributed by atoms with Crippen molar-refractivity contribution in [1.29, 1.82) is 5.26 Å². The number of amides is 3. The first-order valence-electron chi connectivity index (χ1n) is 11.8. The number of carbonyl (C=O) groups excluding carboxylic acids is 3. The molecule has 0 bridgehead atoms. The summed E-state index contributed by atoms with van der Waals surface area (Å²) in [5.41, 5.74) is 0.386. The number of furan rings is 1. The van der Waals surface area contributed by atoms with Gasteiger partial charge in [0.15, 0.2) is 5.69 Å². The standard InChI is InChI=1S/C25H23ClN6O4/c26-15-5-8-19(29-13-15)30-25(35)23-22(21-17(12-27)28-10-9-18(21)36-23)31-24(34)14-3-6-16(7-4-14)32-11-1-2-20(32)33/h5,8-10,13-14,16H,1-4,6-7,11H2,(H,31,34)(H,29,30,35)/t14-,16-. The number of nitrogens with one attached hydrogen (secondary N) is 2. The van der Waals surface area contributed by atoms with E-state index in [1.54, 1.807) is 6.07 Å². The number of rotatable bonds is 5. The monoisotopic (exact) mass is 506 g/mol. The van der Waals surface area contributed by atoms with Crippen LogP contribution in [0.3, 0.4) is 0 Å². The van der Waals surface area contributed by atoms with Gasteiger partial charge in [0.25, 0.3) is 5.91 Å². The molecule has 1 saturated carbocycles. The average molecular weight is 507 g/mol. The van der Waals surface area contributed by atoms with E-state index in [1.807, 2.05) is 11.0 Å². The Morgan fingerprint density at radius 2 is 1.94 bits per heavy atom. The molecular formula is C25H23ClN6O4. The molecule has 0 radical (unpaired) electrons. The number of carbonyl (C=O) groups is 3. The van der Waals surface area contributed by atoms with Crippen molar-refractivity contribution in [3.8, 4) is 6.07 Å². The Balaban J connectivity index is 1.38. The molecule has 11 heteroatoms. The SMILES string of the molecule is N#Cc1nccc2oc(C(=O)Nc3ccc(Cl)cn3)c(NC(=O)[C@H]3CC[C@H](N4CCCC4=O)CC3)c12. The lowest BCUT2D eigenvalue weighted by Gasteiger charge is -2.34. The normalized spacial score (nSPS) is 19.8. The Hall–Kier alpha value is -3.97. The van der Waals surface area contributed by atoms with E-state index in [9.17, 15) is 19.6 Å². The second-order valence-electron chi connectivity index (χ2n) is 8.95. The molecule has 1 aliphatic carbocycles. The molecule has 0 aromatic carbocycles. The zero-order valence-corrected chi connectivity index (χ0v) is 20.0. The molecule has 1 aliphatic heterocycles. The van der Waals surface area contributed by atoms with Crippen LogP contribution in [-0.2, 0) is 9.59 Å². The molecule has 0 atom stereocenters. The minimum absolute atomic E-state index is 0.0338. The zero-order valence-electron chi connectivity index (χ0n) is 19.3. The van der Waals surface area contributed by atoms with Gasteiger partial charge in [-0.25, -0.2) is 9.97 Å². The lowest BCUT2D eigenvalue weighted by Crippen LogP contribution is -2.40. The Morgan fingerprint density at radius 3 is 2.61 bits per heavy atom. The molecule has 3 aromatic rings. The van der Waals surface area contributed by atoms with Gasteiger partial charge >= 0.3 is 0 Å². The Labute approximate surface area is 211 Å². The highest BCUT2D eigenvalue weighted by molar-refractivity contribution is 6.30. The number of aromatic nitrogens is 2. The van der Waals surface area contributed by atoms with Crippen LogP contribution >= 0.6 is 11.6 Å². The molecular weight excluding hydrogens is 484 g/mol. The minimum Gasteiger partial charge on any atom is -0.448 e. The van der Waals surface area contributed by atoms with E-state index in [-0.39, 0.29) is 57.7 Å². The first kappa shape index (κ1) is 23.8. The van der Waals surface area contributed by atoms with E-state index >= 15 is 0 Å². The molecule has 3 amide bonds. The molecule has 2 aliphatic rings. The largest absolute Gasteiger partial charge is 0.448 e. The summed E-state index contributed by atoms with van der Waals surface area (Å²) in [6, 6.07) is 6.80. The summed E-state index contributed by atoms with van der Waals surface area (Å²) >= 11 is 5.86. The third-order valence-electron chi connectivity index (χ3n) is 6.75. The second kappa shape index (κ2) is 9.95. The van der Waals surface area contributed by atoms with Gasteiger partial charge in [0.2, 0.25) is 17.6 Å². The number of fused-ring (bicyclic) bond motifs is 1. The summed E-state index contributed by atoms with van der Waals surface area (Å²) < 4.78 is 5.77. The molecule has 2 fully saturated rings. The van der Waals surface area contributed by atoms with E-state index < -0.39 is 5.91 Å². The van der Waals surface area contributed by atoms with Crippen molar-refractivity contribution in [2.24, 2.45) is 5.92 Å². The van der Waals surface area contributed by atoms with Crippen LogP contribution in [0.15, 0.2) is 35.0 Å². The van der Waals surface area contributed by atoms with Gasteiger partial charge in [-0.3, -0.25) is 14.4 Å². The van der Waals surface area contributed by atoms with Gasteiger partial charge in [0, 0.05) is 37.3 Å². The summed E-state index contributed by atoms with van der Waals surface area (Å²) in [4.78, 5) is 48.5. The van der Waals surface area contributed by atoms with E-state index in [2.05, 4.69) is 20.6 Å². The van der Waals surface area contributed by atoms with Crippen molar-refractivity contribution in [3.63, 3.8) is 0 Å². The van der Waals surface area contributed by atoms with Crippen molar-refractivity contribution >= 4 is 51.8 Å². The maximum Gasteiger partial charge on any atom is 0.294 e. The first-order valence-corrected chi connectivity index (χ1v) is 12.2. The number of hydrogen-bond acceptors (Lipinski definition) is 7. The Morgan fingerprint density at radius 1 is 1.14 bits per heavy atom. The maximum atomic E-state index is 13.3. The van der Waals surface area contributed by atoms with Crippen LogP contribution in [0.2, 0.25) is 5.02 Å². The van der Waals surface area contributed by atoms with Crippen LogP contribution < -0.4 is 10.6 Å². The van der Waals surface area contributed by atoms with Gasteiger partial charge in [-0.05, 0) is 50.3 Å². The fourth-order valence-corrected chi connectivity index (χ4v) is 5.07. The number of pyridine rings is 2. The topological polar surface area (TPSA) is 141 Å². The van der Waals surface area contributed by atoms with E-state index in [0.29, 0.717) is 24.3 Å². The summed E-state index contributed by atoms with van der Waals surface area (Å²) in [6.07, 6.45) is 7.01. The fraction of sp³-hybridized carbons (Fsp3) is 0.360. The molecule has 10 nitrogen and oxygen atoms in total. The van der Waals surface area contributed by atoms with Gasteiger partial charge in [0.05, 0.1) is 10.4 Å². The third kappa shape index (κ3) is 4.62. The quantitative estimate of drug-likeness (QED) is 0.530. The average Bonchev–Trinajstić information content (AvgIpc) is 3.49. The number of anilines is 2. The number of nitrogens with zero attached hydrogens (tertiary/aromatic N) is 4. The third-order valence-corrected chi connectivity index (χ3v) is 6.97. The summed E-state index contributed by atoms with van der Waals surface area (Å²) in [5.74, 6) is -0.923. The predicted molar refractivity (Wildman–Crippen MR) is 131 cm³/mol. The van der Waals surface area contributed by atoms with Crippen molar-refractivity contribution in [2.45, 2.75) is 44.6 Å². The van der Waals surface area contributed by atoms with Crippen molar-refractivity contribution in [1.82, 2.24) is 14.9 Å². The molecule has 1 saturated heterocycles. The van der Waals surface area contributed by atoms with Gasteiger partial charge < -0.3 is 20.0 Å². The molecule has 5 rings (SSSR count). The van der Waals surface area contributed by atoms with Crippen molar-refractivity contribution in [3.05, 3.63) is 47.1 Å². The van der Waals surface area contributed by atoms with Gasteiger partial charge in [-0.15, -0.1) is 0 Å². The van der Waals surface area contributed by atoms with Crippen LogP contribution in [0.25, 0.3) is 11.0 Å².